The lowest BCUT2D eigenvalue weighted by Crippen LogP contribution is -2.46. The maximum absolute atomic E-state index is 6.18. The number of anilines is 1. The molecular formula is C24H26N5O2+. The maximum Gasteiger partial charge on any atom is 0.217 e. The number of hydrogen-bond donors (Lipinski definition) is 2. The topological polar surface area (TPSA) is 75.1 Å². The van der Waals surface area contributed by atoms with Gasteiger partial charge in [0.25, 0.3) is 0 Å². The van der Waals surface area contributed by atoms with Crippen LogP contribution in [0, 0.1) is 0 Å². The largest absolute Gasteiger partial charge is 0.483 e. The molecule has 1 atom stereocenters. The third-order valence-electron chi connectivity index (χ3n) is 7.15. The Kier molecular flexibility index (Phi) is 3.73. The minimum Gasteiger partial charge on any atom is -0.483 e. The Morgan fingerprint density at radius 3 is 2.94 bits per heavy atom. The molecule has 0 unspecified atom stereocenters. The number of hydrogen-bond acceptors (Lipinski definition) is 5. The zero-order valence-corrected chi connectivity index (χ0v) is 17.4. The quantitative estimate of drug-likeness (QED) is 0.640. The van der Waals surface area contributed by atoms with Crippen LogP contribution < -0.4 is 10.1 Å². The van der Waals surface area contributed by atoms with E-state index < -0.39 is 0 Å². The Balaban J connectivity index is 1.32. The second-order valence-electron chi connectivity index (χ2n) is 9.33. The maximum atomic E-state index is 6.18. The lowest BCUT2D eigenvalue weighted by Gasteiger charge is -2.30. The van der Waals surface area contributed by atoms with Gasteiger partial charge in [-0.3, -0.25) is 0 Å². The molecule has 3 fully saturated rings. The number of aromatic nitrogens is 3. The van der Waals surface area contributed by atoms with E-state index in [1.807, 2.05) is 6.07 Å². The van der Waals surface area contributed by atoms with E-state index in [-0.39, 0.29) is 11.6 Å². The highest BCUT2D eigenvalue weighted by molar-refractivity contribution is 5.95. The third kappa shape index (κ3) is 3.02. The molecule has 2 aromatic heterocycles. The smallest absolute Gasteiger partial charge is 0.217 e. The fourth-order valence-corrected chi connectivity index (χ4v) is 5.06. The molecule has 7 heteroatoms. The highest BCUT2D eigenvalue weighted by Crippen LogP contribution is 2.43. The summed E-state index contributed by atoms with van der Waals surface area (Å²) in [4.78, 5) is 12.6. The molecular weight excluding hydrogens is 390 g/mol. The first-order valence-corrected chi connectivity index (χ1v) is 11.3. The van der Waals surface area contributed by atoms with Crippen LogP contribution in [0.4, 0.5) is 5.82 Å². The van der Waals surface area contributed by atoms with Gasteiger partial charge in [0.2, 0.25) is 5.71 Å². The lowest BCUT2D eigenvalue weighted by atomic mass is 9.97. The fraction of sp³-hybridized carbons (Fsp3) is 0.458. The van der Waals surface area contributed by atoms with Crippen molar-refractivity contribution in [2.24, 2.45) is 0 Å². The van der Waals surface area contributed by atoms with E-state index in [9.17, 15) is 0 Å². The molecule has 2 saturated carbocycles. The van der Waals surface area contributed by atoms with Crippen LogP contribution in [0.25, 0.3) is 11.0 Å². The summed E-state index contributed by atoms with van der Waals surface area (Å²) in [5.41, 5.74) is 4.67. The molecule has 4 heterocycles. The molecule has 4 aliphatic rings. The average Bonchev–Trinajstić information content (AvgIpc) is 3.73. The van der Waals surface area contributed by atoms with Crippen LogP contribution in [0.1, 0.15) is 48.9 Å². The number of nitrogens with one attached hydrogen (secondary N) is 2. The second-order valence-corrected chi connectivity index (χ2v) is 9.33. The van der Waals surface area contributed by atoms with Gasteiger partial charge in [0, 0.05) is 11.3 Å². The summed E-state index contributed by atoms with van der Waals surface area (Å²) in [7, 11) is 0. The first-order chi connectivity index (χ1) is 15.3. The van der Waals surface area contributed by atoms with Crippen molar-refractivity contribution in [3.8, 4) is 5.75 Å². The number of ether oxygens (including phenoxy) is 2. The number of aromatic amines is 1. The van der Waals surface area contributed by atoms with E-state index in [0.717, 1.165) is 60.7 Å². The molecule has 0 bridgehead atoms. The number of morpholine rings is 1. The molecule has 2 aliphatic heterocycles. The number of nitrogens with zero attached hydrogens (tertiary/aromatic N) is 3. The molecule has 2 N–H and O–H groups in total. The van der Waals surface area contributed by atoms with Crippen molar-refractivity contribution in [2.45, 2.75) is 43.2 Å². The molecule has 2 aliphatic carbocycles. The van der Waals surface area contributed by atoms with E-state index >= 15 is 0 Å². The van der Waals surface area contributed by atoms with Gasteiger partial charge in [-0.05, 0) is 43.7 Å². The van der Waals surface area contributed by atoms with Crippen LogP contribution in [-0.4, -0.2) is 57.1 Å². The molecule has 1 aromatic carbocycles. The van der Waals surface area contributed by atoms with Crippen molar-refractivity contribution < 1.29 is 14.0 Å². The molecule has 0 radical (unpaired) electrons. The van der Waals surface area contributed by atoms with Crippen molar-refractivity contribution in [3.63, 3.8) is 0 Å². The summed E-state index contributed by atoms with van der Waals surface area (Å²) in [6.45, 7) is 3.20. The van der Waals surface area contributed by atoms with Crippen molar-refractivity contribution in [1.82, 2.24) is 15.0 Å². The van der Waals surface area contributed by atoms with E-state index in [1.165, 1.54) is 24.2 Å². The van der Waals surface area contributed by atoms with Crippen molar-refractivity contribution in [2.75, 3.05) is 31.6 Å². The average molecular weight is 417 g/mol. The second kappa shape index (κ2) is 6.53. The highest BCUT2D eigenvalue weighted by atomic mass is 16.5. The van der Waals surface area contributed by atoms with Crippen molar-refractivity contribution in [3.05, 3.63) is 47.9 Å². The Bertz CT molecular complexity index is 1210. The minimum atomic E-state index is 0.0104. The summed E-state index contributed by atoms with van der Waals surface area (Å²) < 4.78 is 14.7. The highest BCUT2D eigenvalue weighted by Gasteiger charge is 2.52. The van der Waals surface area contributed by atoms with Gasteiger partial charge in [-0.15, -0.1) is 0 Å². The lowest BCUT2D eigenvalue weighted by molar-refractivity contribution is -0.565. The fourth-order valence-electron chi connectivity index (χ4n) is 5.06. The normalized spacial score (nSPS) is 26.5. The Labute approximate surface area is 180 Å². The van der Waals surface area contributed by atoms with Gasteiger partial charge in [0.1, 0.15) is 41.8 Å². The monoisotopic (exact) mass is 416 g/mol. The predicted molar refractivity (Wildman–Crippen MR) is 117 cm³/mol. The van der Waals surface area contributed by atoms with Gasteiger partial charge >= 0.3 is 0 Å². The van der Waals surface area contributed by atoms with E-state index in [4.69, 9.17) is 9.47 Å². The van der Waals surface area contributed by atoms with Gasteiger partial charge in [-0.2, -0.15) is 0 Å². The van der Waals surface area contributed by atoms with E-state index in [0.29, 0.717) is 12.5 Å². The van der Waals surface area contributed by atoms with E-state index in [2.05, 4.69) is 49.1 Å². The predicted octanol–water partition coefficient (Wildman–Crippen LogP) is 3.40. The number of benzene rings is 1. The SMILES string of the molecule is c1ccc2c(c1)OCC(=[N+]1CCOC3(CC3)C1)[C@H]2Nc1ncnc2[nH]c(C3CC3)cc12. The molecule has 1 saturated heterocycles. The van der Waals surface area contributed by atoms with Gasteiger partial charge < -0.3 is 19.8 Å². The van der Waals surface area contributed by atoms with Crippen molar-refractivity contribution >= 4 is 22.6 Å². The number of H-pyrrole nitrogens is 1. The van der Waals surface area contributed by atoms with Crippen molar-refractivity contribution in [1.29, 1.82) is 0 Å². The Hall–Kier alpha value is -2.93. The molecule has 7 nitrogen and oxygen atoms in total. The Morgan fingerprint density at radius 2 is 2.06 bits per heavy atom. The van der Waals surface area contributed by atoms with Gasteiger partial charge in [0.05, 0.1) is 5.39 Å². The van der Waals surface area contributed by atoms with Gasteiger partial charge in [-0.1, -0.05) is 18.2 Å². The zero-order valence-electron chi connectivity index (χ0n) is 17.4. The van der Waals surface area contributed by atoms with Crippen LogP contribution in [0.5, 0.6) is 5.75 Å². The third-order valence-corrected chi connectivity index (χ3v) is 7.15. The minimum absolute atomic E-state index is 0.0104. The van der Waals surface area contributed by atoms with Gasteiger partial charge in [0.15, 0.2) is 19.7 Å². The van der Waals surface area contributed by atoms with Crippen LogP contribution in [0.2, 0.25) is 0 Å². The molecule has 1 spiro atoms. The summed E-state index contributed by atoms with van der Waals surface area (Å²) in [5.74, 6) is 2.47. The van der Waals surface area contributed by atoms with Crippen LogP contribution in [0.3, 0.4) is 0 Å². The zero-order chi connectivity index (χ0) is 20.4. The molecule has 31 heavy (non-hydrogen) atoms. The number of rotatable bonds is 3. The van der Waals surface area contributed by atoms with Crippen LogP contribution in [0.15, 0.2) is 36.7 Å². The summed E-state index contributed by atoms with van der Waals surface area (Å²) in [5, 5.41) is 4.84. The Morgan fingerprint density at radius 1 is 1.16 bits per heavy atom. The van der Waals surface area contributed by atoms with Crippen LogP contribution in [-0.2, 0) is 4.74 Å². The summed E-state index contributed by atoms with van der Waals surface area (Å²) in [6, 6.07) is 10.6. The number of para-hydroxylation sites is 1. The molecule has 7 rings (SSSR count). The van der Waals surface area contributed by atoms with Crippen LogP contribution >= 0.6 is 0 Å². The molecule has 158 valence electrons. The first kappa shape index (κ1) is 17.7. The first-order valence-electron chi connectivity index (χ1n) is 11.3. The van der Waals surface area contributed by atoms with Gasteiger partial charge in [-0.25, -0.2) is 14.5 Å². The summed E-state index contributed by atoms with van der Waals surface area (Å²) >= 11 is 0. The van der Waals surface area contributed by atoms with E-state index in [1.54, 1.807) is 6.33 Å². The molecule has 0 amide bonds. The standard InChI is InChI=1S/C24H26N5O2/c1-2-4-20-16(3-1)21(19(12-30-20)29-9-10-31-24(13-29)7-8-24)28-23-17-11-18(15-5-6-15)27-22(17)25-14-26-23/h1-4,11,14-15,21H,5-10,12-13H2,(H2,25,26,27,28)/q+1/t21-/m0/s1. The molecule has 3 aromatic rings. The summed E-state index contributed by atoms with van der Waals surface area (Å²) in [6.07, 6.45) is 6.48. The number of fused-ring (bicyclic) bond motifs is 2.